The SMILES string of the molecule is Brc1ccc2c(-c3ccccc3-c3ccccc3)c3ccccc3c(-c3ccccc3-c3ccccc3)c2c1.c1ccc(-c2ccccc2-c2c3ccccc3c(-c3ccccc3-c3ccccc3)c3cc(-n4c5ccccc5c5ccccc54)ccc23)cc1.c1ccc2c(c1)[nH]c1ccccc12. The Morgan fingerprint density at radius 2 is 0.437 bits per heavy atom. The van der Waals surface area contributed by atoms with Gasteiger partial charge in [0, 0.05) is 42.7 Å². The van der Waals surface area contributed by atoms with Crippen LogP contribution in [0, 0.1) is 0 Å². The van der Waals surface area contributed by atoms with Crippen LogP contribution in [0.15, 0.2) is 405 Å². The summed E-state index contributed by atoms with van der Waals surface area (Å²) in [5, 5.41) is 15.1. The molecule has 2 nitrogen and oxygen atoms in total. The lowest BCUT2D eigenvalue weighted by Crippen LogP contribution is -1.97. The van der Waals surface area contributed by atoms with Crippen molar-refractivity contribution >= 4 is 103 Å². The largest absolute Gasteiger partial charge is 0.355 e. The maximum Gasteiger partial charge on any atom is 0.0541 e. The first-order valence-electron chi connectivity index (χ1n) is 35.3. The standard InChI is InChI=1S/C50H33N.C38H25Br.C12H9N/c1-3-17-34(18-4-1)37-21-7-9-25-41(37)49-43-27-11-12-28-44(43)50(42-26-10-8-22-38(42)35-19-5-2-6-20-35)46-33-36(31-32-45(46)49)51-47-29-15-13-23-39(47)40-24-14-16-30-48(40)51;39-28-23-24-35-36(25-28)38(32-20-10-8-18-30(32)27-15-5-2-6-16-27)34-22-12-11-21-33(34)37(35)31-19-9-7-17-29(31)26-13-3-1-4-14-26;1-3-7-11-9(5-1)10-6-2-4-8-12(10)13-11/h1-33H;1-25H;1-8,13H. The molecule has 18 aromatic carbocycles. The number of para-hydroxylation sites is 4. The van der Waals surface area contributed by atoms with Crippen molar-refractivity contribution in [1.29, 1.82) is 0 Å². The van der Waals surface area contributed by atoms with Gasteiger partial charge in [-0.3, -0.25) is 0 Å². The lowest BCUT2D eigenvalue weighted by atomic mass is 9.82. The molecule has 0 radical (unpaired) electrons. The van der Waals surface area contributed by atoms with E-state index in [-0.39, 0.29) is 0 Å². The molecule has 0 aliphatic heterocycles. The molecule has 0 amide bonds. The molecule has 484 valence electrons. The average molecular weight is 1380 g/mol. The second-order valence-corrected chi connectivity index (χ2v) is 27.2. The van der Waals surface area contributed by atoms with Crippen molar-refractivity contribution in [3.8, 4) is 94.7 Å². The summed E-state index contributed by atoms with van der Waals surface area (Å²) in [7, 11) is 0. The Hall–Kier alpha value is -12.9. The number of benzene rings is 18. The van der Waals surface area contributed by atoms with Gasteiger partial charge in [-0.05, 0) is 181 Å². The van der Waals surface area contributed by atoms with E-state index in [2.05, 4.69) is 426 Å². The van der Waals surface area contributed by atoms with E-state index in [1.807, 2.05) is 0 Å². The van der Waals surface area contributed by atoms with Crippen molar-refractivity contribution in [2.24, 2.45) is 0 Å². The molecule has 2 aromatic heterocycles. The van der Waals surface area contributed by atoms with E-state index in [9.17, 15) is 0 Å². The molecule has 0 spiro atoms. The van der Waals surface area contributed by atoms with Gasteiger partial charge in [0.15, 0.2) is 0 Å². The third-order valence-electron chi connectivity index (χ3n) is 20.4. The van der Waals surface area contributed by atoms with E-state index >= 15 is 0 Å². The molecule has 2 heterocycles. The summed E-state index contributed by atoms with van der Waals surface area (Å²) >= 11 is 3.80. The van der Waals surface area contributed by atoms with Crippen LogP contribution in [0.5, 0.6) is 0 Å². The number of fused-ring (bicyclic) bond motifs is 10. The van der Waals surface area contributed by atoms with Gasteiger partial charge in [-0.1, -0.05) is 368 Å². The number of H-pyrrole nitrogens is 1. The zero-order chi connectivity index (χ0) is 68.6. The van der Waals surface area contributed by atoms with Gasteiger partial charge in [0.25, 0.3) is 0 Å². The van der Waals surface area contributed by atoms with Gasteiger partial charge < -0.3 is 9.55 Å². The van der Waals surface area contributed by atoms with Crippen LogP contribution in [-0.2, 0) is 0 Å². The van der Waals surface area contributed by atoms with Gasteiger partial charge in [-0.2, -0.15) is 0 Å². The molecule has 0 fully saturated rings. The molecule has 0 bridgehead atoms. The Morgan fingerprint density at radius 3 is 0.796 bits per heavy atom. The van der Waals surface area contributed by atoms with Gasteiger partial charge in [0.05, 0.1) is 11.0 Å². The predicted octanol–water partition coefficient (Wildman–Crippen LogP) is 28.5. The fourth-order valence-electron chi connectivity index (χ4n) is 15.9. The Morgan fingerprint density at radius 1 is 0.184 bits per heavy atom. The molecule has 0 saturated heterocycles. The quantitative estimate of drug-likeness (QED) is 0.139. The van der Waals surface area contributed by atoms with Crippen molar-refractivity contribution < 1.29 is 0 Å². The second-order valence-electron chi connectivity index (χ2n) is 26.2. The monoisotopic (exact) mass is 1370 g/mol. The van der Waals surface area contributed by atoms with E-state index in [0.29, 0.717) is 0 Å². The van der Waals surface area contributed by atoms with Gasteiger partial charge >= 0.3 is 0 Å². The first-order chi connectivity index (χ1) is 51.1. The minimum Gasteiger partial charge on any atom is -0.355 e. The van der Waals surface area contributed by atoms with E-state index in [0.717, 1.165) is 10.2 Å². The maximum absolute atomic E-state index is 3.80. The Balaban J connectivity index is 0.000000128. The highest BCUT2D eigenvalue weighted by Gasteiger charge is 2.24. The molecule has 0 atom stereocenters. The van der Waals surface area contributed by atoms with E-state index in [1.54, 1.807) is 0 Å². The van der Waals surface area contributed by atoms with E-state index < -0.39 is 0 Å². The number of halogens is 1. The van der Waals surface area contributed by atoms with Crippen LogP contribution in [0.25, 0.3) is 181 Å². The zero-order valence-electron chi connectivity index (χ0n) is 56.4. The lowest BCUT2D eigenvalue weighted by Gasteiger charge is -2.22. The summed E-state index contributed by atoms with van der Waals surface area (Å²) in [4.78, 5) is 3.38. The van der Waals surface area contributed by atoms with Crippen LogP contribution >= 0.6 is 15.9 Å². The van der Waals surface area contributed by atoms with Crippen LogP contribution in [0.3, 0.4) is 0 Å². The average Bonchev–Trinajstić information content (AvgIpc) is 1.28. The summed E-state index contributed by atoms with van der Waals surface area (Å²) < 4.78 is 3.51. The number of hydrogen-bond donors (Lipinski definition) is 1. The molecule has 20 rings (SSSR count). The van der Waals surface area contributed by atoms with E-state index in [1.165, 1.54) is 176 Å². The van der Waals surface area contributed by atoms with Gasteiger partial charge in [-0.15, -0.1) is 0 Å². The molecule has 20 aromatic rings. The van der Waals surface area contributed by atoms with Crippen molar-refractivity contribution in [2.75, 3.05) is 0 Å². The smallest absolute Gasteiger partial charge is 0.0541 e. The van der Waals surface area contributed by atoms with Gasteiger partial charge in [0.2, 0.25) is 0 Å². The van der Waals surface area contributed by atoms with Crippen LogP contribution in [0.1, 0.15) is 0 Å². The topological polar surface area (TPSA) is 20.7 Å². The summed E-state index contributed by atoms with van der Waals surface area (Å²) in [5.41, 5.74) is 25.8. The fraction of sp³-hybridized carbons (Fsp3) is 0. The summed E-state index contributed by atoms with van der Waals surface area (Å²) in [6, 6.07) is 144. The van der Waals surface area contributed by atoms with E-state index in [4.69, 9.17) is 0 Å². The molecule has 0 aliphatic carbocycles. The normalized spacial score (nSPS) is 11.3. The number of hydrogen-bond acceptors (Lipinski definition) is 0. The van der Waals surface area contributed by atoms with Gasteiger partial charge in [0.1, 0.15) is 0 Å². The molecule has 0 aliphatic rings. The van der Waals surface area contributed by atoms with Crippen LogP contribution in [-0.4, -0.2) is 9.55 Å². The fourth-order valence-corrected chi connectivity index (χ4v) is 16.3. The highest BCUT2D eigenvalue weighted by molar-refractivity contribution is 9.10. The minimum absolute atomic E-state index is 1.08. The predicted molar refractivity (Wildman–Crippen MR) is 444 cm³/mol. The molecule has 3 heteroatoms. The lowest BCUT2D eigenvalue weighted by molar-refractivity contribution is 1.19. The number of aromatic amines is 1. The Kier molecular flexibility index (Phi) is 16.5. The third kappa shape index (κ3) is 11.4. The first kappa shape index (κ1) is 62.3. The summed E-state index contributed by atoms with van der Waals surface area (Å²) in [6.45, 7) is 0. The first-order valence-corrected chi connectivity index (χ1v) is 36.0. The second kappa shape index (κ2) is 27.3. The molecule has 1 N–H and O–H groups in total. The van der Waals surface area contributed by atoms with Crippen LogP contribution < -0.4 is 0 Å². The highest BCUT2D eigenvalue weighted by Crippen LogP contribution is 2.51. The van der Waals surface area contributed by atoms with Crippen molar-refractivity contribution in [3.63, 3.8) is 0 Å². The van der Waals surface area contributed by atoms with Gasteiger partial charge in [-0.25, -0.2) is 0 Å². The molecule has 0 unspecified atom stereocenters. The van der Waals surface area contributed by atoms with Crippen molar-refractivity contribution in [1.82, 2.24) is 9.55 Å². The van der Waals surface area contributed by atoms with Crippen molar-refractivity contribution in [2.45, 2.75) is 0 Å². The molecular formula is C100H67BrN2. The Bertz CT molecular complexity index is 6440. The van der Waals surface area contributed by atoms with Crippen LogP contribution in [0.2, 0.25) is 0 Å². The Labute approximate surface area is 607 Å². The summed E-state index contributed by atoms with van der Waals surface area (Å²) in [6.07, 6.45) is 0. The molecular weight excluding hydrogens is 1310 g/mol. The number of nitrogens with zero attached hydrogens (tertiary/aromatic N) is 1. The number of rotatable bonds is 9. The third-order valence-corrected chi connectivity index (χ3v) is 20.9. The maximum atomic E-state index is 3.80. The minimum atomic E-state index is 1.08. The number of nitrogens with one attached hydrogen (secondary N) is 1. The van der Waals surface area contributed by atoms with Crippen LogP contribution in [0.4, 0.5) is 0 Å². The molecule has 103 heavy (non-hydrogen) atoms. The highest BCUT2D eigenvalue weighted by atomic mass is 79.9. The zero-order valence-corrected chi connectivity index (χ0v) is 58.0. The van der Waals surface area contributed by atoms with Crippen molar-refractivity contribution in [3.05, 3.63) is 405 Å². The molecule has 0 saturated carbocycles. The number of aromatic nitrogens is 2. The summed E-state index contributed by atoms with van der Waals surface area (Å²) in [5.74, 6) is 0.